The van der Waals surface area contributed by atoms with E-state index in [4.69, 9.17) is 27.2 Å². The molecule has 0 atom stereocenters. The van der Waals surface area contributed by atoms with Crippen LogP contribution in [0.1, 0.15) is 18.4 Å². The molecule has 0 radical (unpaired) electrons. The minimum atomic E-state index is 0. The first-order valence-electron chi connectivity index (χ1n) is 12.2. The van der Waals surface area contributed by atoms with Crippen molar-refractivity contribution in [2.24, 2.45) is 5.92 Å². The summed E-state index contributed by atoms with van der Waals surface area (Å²) < 4.78 is 8.02. The summed E-state index contributed by atoms with van der Waals surface area (Å²) in [5, 5.41) is 12.1. The molecule has 1 aliphatic rings. The Morgan fingerprint density at radius 3 is 2.54 bits per heavy atom. The van der Waals surface area contributed by atoms with Crippen LogP contribution in [0.25, 0.3) is 33.1 Å². The highest BCUT2D eigenvalue weighted by Crippen LogP contribution is 2.33. The summed E-state index contributed by atoms with van der Waals surface area (Å²) in [6, 6.07) is 20.1. The third-order valence-corrected chi connectivity index (χ3v) is 7.10. The van der Waals surface area contributed by atoms with E-state index >= 15 is 0 Å². The number of nitrogens with zero attached hydrogens (tertiary/aromatic N) is 4. The van der Waals surface area contributed by atoms with Gasteiger partial charge in [0.25, 0.3) is 0 Å². The van der Waals surface area contributed by atoms with Crippen molar-refractivity contribution in [3.8, 4) is 17.0 Å². The number of hydrogen-bond donors (Lipinski definition) is 2. The lowest BCUT2D eigenvalue weighted by Gasteiger charge is -2.22. The van der Waals surface area contributed by atoms with Gasteiger partial charge in [-0.05, 0) is 78.5 Å². The van der Waals surface area contributed by atoms with Crippen molar-refractivity contribution in [1.82, 2.24) is 25.1 Å². The Bertz CT molecular complexity index is 1530. The number of anilines is 1. The SMILES string of the molecule is Cl.Nc1ncnc2c1c(-c1ccc3cc(OCc4ccc(Cl)cc4)ccc3c1)nn2CC1CCNCC1. The van der Waals surface area contributed by atoms with E-state index in [1.54, 1.807) is 0 Å². The normalized spacial score (nSPS) is 14.1. The van der Waals surface area contributed by atoms with Gasteiger partial charge in [0.1, 0.15) is 30.2 Å². The van der Waals surface area contributed by atoms with Crippen LogP contribution in [0.4, 0.5) is 5.82 Å². The van der Waals surface area contributed by atoms with Crippen LogP contribution < -0.4 is 15.8 Å². The molecule has 6 rings (SSSR count). The van der Waals surface area contributed by atoms with Gasteiger partial charge in [-0.25, -0.2) is 14.6 Å². The first kappa shape index (κ1) is 25.3. The average molecular weight is 535 g/mol. The number of rotatable bonds is 6. The minimum absolute atomic E-state index is 0. The molecule has 0 aliphatic carbocycles. The molecule has 0 amide bonds. The standard InChI is InChI=1S/C28H27ClN6O.ClH/c29-23-6-1-19(2-7-23)16-36-24-8-5-20-13-22(4-3-21(20)14-24)26-25-27(30)32-17-33-28(25)35(34-26)15-18-9-11-31-12-10-18;/h1-8,13-14,17-18,31H,9-12,15-16H2,(H2,30,32,33);1H. The Morgan fingerprint density at radius 2 is 1.73 bits per heavy atom. The minimum Gasteiger partial charge on any atom is -0.489 e. The van der Waals surface area contributed by atoms with Crippen LogP contribution in [0.3, 0.4) is 0 Å². The van der Waals surface area contributed by atoms with Crippen LogP contribution in [-0.4, -0.2) is 32.8 Å². The molecule has 1 fully saturated rings. The summed E-state index contributed by atoms with van der Waals surface area (Å²) in [4.78, 5) is 8.80. The number of nitrogen functional groups attached to an aromatic ring is 1. The molecule has 2 aromatic heterocycles. The Labute approximate surface area is 226 Å². The predicted octanol–water partition coefficient (Wildman–Crippen LogP) is 5.88. The Balaban J connectivity index is 0.00000280. The van der Waals surface area contributed by atoms with Gasteiger partial charge >= 0.3 is 0 Å². The maximum Gasteiger partial charge on any atom is 0.163 e. The van der Waals surface area contributed by atoms with Gasteiger partial charge in [-0.2, -0.15) is 5.10 Å². The van der Waals surface area contributed by atoms with Gasteiger partial charge in [-0.15, -0.1) is 12.4 Å². The highest BCUT2D eigenvalue weighted by atomic mass is 35.5. The molecular formula is C28H28Cl2N6O. The Morgan fingerprint density at radius 1 is 0.973 bits per heavy atom. The predicted molar refractivity (Wildman–Crippen MR) is 151 cm³/mol. The Kier molecular flexibility index (Phi) is 7.46. The van der Waals surface area contributed by atoms with E-state index in [-0.39, 0.29) is 12.4 Å². The molecule has 9 heteroatoms. The third-order valence-electron chi connectivity index (χ3n) is 6.85. The van der Waals surface area contributed by atoms with Crippen LogP contribution in [-0.2, 0) is 13.2 Å². The number of nitrogens with one attached hydrogen (secondary N) is 1. The summed E-state index contributed by atoms with van der Waals surface area (Å²) in [6.07, 6.45) is 3.79. The second-order valence-electron chi connectivity index (χ2n) is 9.32. The van der Waals surface area contributed by atoms with Gasteiger partial charge < -0.3 is 15.8 Å². The maximum atomic E-state index is 6.32. The summed E-state index contributed by atoms with van der Waals surface area (Å²) in [5.74, 6) is 1.85. The molecule has 0 unspecified atom stereocenters. The molecule has 0 saturated carbocycles. The van der Waals surface area contributed by atoms with Gasteiger partial charge in [0.2, 0.25) is 0 Å². The number of ether oxygens (including phenoxy) is 1. The largest absolute Gasteiger partial charge is 0.489 e. The highest BCUT2D eigenvalue weighted by molar-refractivity contribution is 6.30. The zero-order valence-electron chi connectivity index (χ0n) is 20.2. The Hall–Kier alpha value is -3.39. The zero-order chi connectivity index (χ0) is 24.5. The van der Waals surface area contributed by atoms with Crippen LogP contribution in [0, 0.1) is 5.92 Å². The van der Waals surface area contributed by atoms with Crippen molar-refractivity contribution < 1.29 is 4.74 Å². The van der Waals surface area contributed by atoms with E-state index in [2.05, 4.69) is 45.6 Å². The smallest absolute Gasteiger partial charge is 0.163 e. The number of benzene rings is 3. The number of piperidine rings is 1. The third kappa shape index (κ3) is 5.34. The number of aromatic nitrogens is 4. The van der Waals surface area contributed by atoms with Crippen LogP contribution in [0.5, 0.6) is 5.75 Å². The number of hydrogen-bond acceptors (Lipinski definition) is 6. The number of fused-ring (bicyclic) bond motifs is 2. The molecule has 0 bridgehead atoms. The van der Waals surface area contributed by atoms with Crippen molar-refractivity contribution in [3.63, 3.8) is 0 Å². The molecular weight excluding hydrogens is 507 g/mol. The van der Waals surface area contributed by atoms with Gasteiger partial charge in [0, 0.05) is 17.1 Å². The molecule has 37 heavy (non-hydrogen) atoms. The first-order valence-corrected chi connectivity index (χ1v) is 12.6. The van der Waals surface area contributed by atoms with Crippen LogP contribution in [0.15, 0.2) is 67.0 Å². The number of halogens is 2. The second kappa shape index (κ2) is 10.9. The number of nitrogens with two attached hydrogens (primary N) is 1. The lowest BCUT2D eigenvalue weighted by molar-refractivity contribution is 0.306. The van der Waals surface area contributed by atoms with E-state index in [1.165, 1.54) is 6.33 Å². The highest BCUT2D eigenvalue weighted by Gasteiger charge is 2.21. The van der Waals surface area contributed by atoms with E-state index in [9.17, 15) is 0 Å². The molecule has 0 spiro atoms. The van der Waals surface area contributed by atoms with Crippen molar-refractivity contribution in [2.45, 2.75) is 26.0 Å². The molecule has 1 saturated heterocycles. The van der Waals surface area contributed by atoms with E-state index in [1.807, 2.05) is 35.0 Å². The van der Waals surface area contributed by atoms with Crippen LogP contribution in [0.2, 0.25) is 5.02 Å². The summed E-state index contributed by atoms with van der Waals surface area (Å²) >= 11 is 5.97. The maximum absolute atomic E-state index is 6.32. The topological polar surface area (TPSA) is 90.9 Å². The summed E-state index contributed by atoms with van der Waals surface area (Å²) in [6.45, 7) is 3.41. The summed E-state index contributed by atoms with van der Waals surface area (Å²) in [7, 11) is 0. The molecule has 190 valence electrons. The van der Waals surface area contributed by atoms with Gasteiger partial charge in [-0.1, -0.05) is 41.9 Å². The monoisotopic (exact) mass is 534 g/mol. The van der Waals surface area contributed by atoms with Crippen LogP contribution >= 0.6 is 24.0 Å². The fourth-order valence-electron chi connectivity index (χ4n) is 4.88. The molecule has 3 N–H and O–H groups in total. The van der Waals surface area contributed by atoms with Crippen molar-refractivity contribution in [1.29, 1.82) is 0 Å². The quantitative estimate of drug-likeness (QED) is 0.282. The molecule has 3 aromatic carbocycles. The van der Waals surface area contributed by atoms with E-state index in [0.717, 1.165) is 81.9 Å². The molecule has 3 heterocycles. The molecule has 1 aliphatic heterocycles. The second-order valence-corrected chi connectivity index (χ2v) is 9.76. The molecule has 7 nitrogen and oxygen atoms in total. The molecule has 5 aromatic rings. The van der Waals surface area contributed by atoms with E-state index in [0.29, 0.717) is 18.3 Å². The van der Waals surface area contributed by atoms with Gasteiger partial charge in [0.05, 0.1) is 5.39 Å². The lowest BCUT2D eigenvalue weighted by Crippen LogP contribution is -2.30. The fourth-order valence-corrected chi connectivity index (χ4v) is 5.00. The zero-order valence-corrected chi connectivity index (χ0v) is 21.8. The van der Waals surface area contributed by atoms with Crippen molar-refractivity contribution >= 4 is 51.6 Å². The van der Waals surface area contributed by atoms with Crippen molar-refractivity contribution in [3.05, 3.63) is 77.6 Å². The lowest BCUT2D eigenvalue weighted by atomic mass is 9.98. The summed E-state index contributed by atoms with van der Waals surface area (Å²) in [5.41, 5.74) is 10.0. The van der Waals surface area contributed by atoms with E-state index < -0.39 is 0 Å². The first-order chi connectivity index (χ1) is 17.6. The average Bonchev–Trinajstić information content (AvgIpc) is 3.28. The fraction of sp³-hybridized carbons (Fsp3) is 0.250. The van der Waals surface area contributed by atoms with Gasteiger partial charge in [-0.3, -0.25) is 0 Å². The van der Waals surface area contributed by atoms with Gasteiger partial charge in [0.15, 0.2) is 5.65 Å². The van der Waals surface area contributed by atoms with Crippen molar-refractivity contribution in [2.75, 3.05) is 18.8 Å².